The minimum atomic E-state index is 0.551. The molecule has 84 valence electrons. The lowest BCUT2D eigenvalue weighted by Crippen LogP contribution is -2.42. The van der Waals surface area contributed by atoms with Gasteiger partial charge in [0.25, 0.3) is 0 Å². The molecular formula is C12H19NOS. The first-order valence-corrected chi connectivity index (χ1v) is 6.59. The summed E-state index contributed by atoms with van der Waals surface area (Å²) in [6.07, 6.45) is 3.59. The Balaban J connectivity index is 1.74. The minimum Gasteiger partial charge on any atom is -0.380 e. The van der Waals surface area contributed by atoms with Crippen molar-refractivity contribution in [1.29, 1.82) is 0 Å². The quantitative estimate of drug-likeness (QED) is 0.850. The summed E-state index contributed by atoms with van der Waals surface area (Å²) in [6.45, 7) is 4.08. The van der Waals surface area contributed by atoms with Crippen LogP contribution >= 0.6 is 11.3 Å². The fourth-order valence-corrected chi connectivity index (χ4v) is 2.90. The summed E-state index contributed by atoms with van der Waals surface area (Å²) < 4.78 is 5.46. The number of hydrogen-bond acceptors (Lipinski definition) is 3. The van der Waals surface area contributed by atoms with Gasteiger partial charge in [0.1, 0.15) is 0 Å². The molecule has 0 amide bonds. The van der Waals surface area contributed by atoms with E-state index in [0.717, 1.165) is 19.6 Å². The molecule has 2 atom stereocenters. The SMILES string of the molecule is CC(Cc1cccs1)NC1CCCOC1. The van der Waals surface area contributed by atoms with Crippen LogP contribution in [0.2, 0.25) is 0 Å². The summed E-state index contributed by atoms with van der Waals surface area (Å²) in [6, 6.07) is 5.44. The summed E-state index contributed by atoms with van der Waals surface area (Å²) >= 11 is 1.84. The second kappa shape index (κ2) is 5.64. The highest BCUT2D eigenvalue weighted by Gasteiger charge is 2.15. The van der Waals surface area contributed by atoms with Crippen molar-refractivity contribution in [1.82, 2.24) is 5.32 Å². The van der Waals surface area contributed by atoms with Gasteiger partial charge in [0.15, 0.2) is 0 Å². The molecule has 2 unspecified atom stereocenters. The minimum absolute atomic E-state index is 0.551. The molecule has 0 aromatic carbocycles. The number of hydrogen-bond donors (Lipinski definition) is 1. The monoisotopic (exact) mass is 225 g/mol. The summed E-state index contributed by atoms with van der Waals surface area (Å²) in [5, 5.41) is 5.78. The van der Waals surface area contributed by atoms with Crippen molar-refractivity contribution >= 4 is 11.3 Å². The Morgan fingerprint density at radius 1 is 1.67 bits per heavy atom. The normalized spacial score (nSPS) is 23.9. The van der Waals surface area contributed by atoms with Gasteiger partial charge in [0.05, 0.1) is 6.61 Å². The van der Waals surface area contributed by atoms with E-state index in [1.54, 1.807) is 0 Å². The Morgan fingerprint density at radius 2 is 2.60 bits per heavy atom. The van der Waals surface area contributed by atoms with Crippen molar-refractivity contribution < 1.29 is 4.74 Å². The van der Waals surface area contributed by atoms with Gasteiger partial charge in [-0.2, -0.15) is 0 Å². The van der Waals surface area contributed by atoms with Gasteiger partial charge in [0.2, 0.25) is 0 Å². The van der Waals surface area contributed by atoms with E-state index in [0.29, 0.717) is 12.1 Å². The topological polar surface area (TPSA) is 21.3 Å². The van der Waals surface area contributed by atoms with E-state index in [9.17, 15) is 0 Å². The zero-order valence-electron chi connectivity index (χ0n) is 9.24. The van der Waals surface area contributed by atoms with E-state index in [1.165, 1.54) is 17.7 Å². The lowest BCUT2D eigenvalue weighted by atomic mass is 10.1. The molecule has 2 nitrogen and oxygen atoms in total. The highest BCUT2D eigenvalue weighted by Crippen LogP contribution is 2.12. The van der Waals surface area contributed by atoms with Gasteiger partial charge in [-0.05, 0) is 37.6 Å². The maximum Gasteiger partial charge on any atom is 0.0619 e. The third-order valence-electron chi connectivity index (χ3n) is 2.77. The van der Waals surface area contributed by atoms with Gasteiger partial charge in [-0.15, -0.1) is 11.3 Å². The van der Waals surface area contributed by atoms with Crippen molar-refractivity contribution in [3.05, 3.63) is 22.4 Å². The Labute approximate surface area is 95.6 Å². The fourth-order valence-electron chi connectivity index (χ4n) is 2.06. The molecule has 3 heteroatoms. The van der Waals surface area contributed by atoms with Crippen molar-refractivity contribution in [3.8, 4) is 0 Å². The van der Waals surface area contributed by atoms with Crippen LogP contribution in [0, 0.1) is 0 Å². The Hall–Kier alpha value is -0.380. The molecule has 1 N–H and O–H groups in total. The van der Waals surface area contributed by atoms with Gasteiger partial charge < -0.3 is 10.1 Å². The Kier molecular flexibility index (Phi) is 4.18. The van der Waals surface area contributed by atoms with E-state index in [1.807, 2.05) is 11.3 Å². The Morgan fingerprint density at radius 3 is 3.27 bits per heavy atom. The molecule has 1 aliphatic rings. The lowest BCUT2D eigenvalue weighted by Gasteiger charge is -2.26. The zero-order valence-corrected chi connectivity index (χ0v) is 10.1. The molecule has 0 radical (unpaired) electrons. The van der Waals surface area contributed by atoms with Crippen LogP contribution in [0.3, 0.4) is 0 Å². The predicted octanol–water partition coefficient (Wildman–Crippen LogP) is 2.45. The van der Waals surface area contributed by atoms with Crippen LogP contribution in [0.4, 0.5) is 0 Å². The Bertz CT molecular complexity index is 267. The van der Waals surface area contributed by atoms with E-state index in [4.69, 9.17) is 4.74 Å². The van der Waals surface area contributed by atoms with Crippen molar-refractivity contribution in [3.63, 3.8) is 0 Å². The van der Waals surface area contributed by atoms with Crippen LogP contribution in [-0.4, -0.2) is 25.3 Å². The summed E-state index contributed by atoms with van der Waals surface area (Å²) in [5.41, 5.74) is 0. The van der Waals surface area contributed by atoms with Crippen LogP contribution in [0.1, 0.15) is 24.6 Å². The molecule has 0 saturated carbocycles. The molecule has 0 aliphatic carbocycles. The predicted molar refractivity (Wildman–Crippen MR) is 64.5 cm³/mol. The third kappa shape index (κ3) is 3.59. The second-order valence-corrected chi connectivity index (χ2v) is 5.30. The number of rotatable bonds is 4. The van der Waals surface area contributed by atoms with Gasteiger partial charge in [-0.3, -0.25) is 0 Å². The maximum absolute atomic E-state index is 5.46. The molecule has 2 heterocycles. The highest BCUT2D eigenvalue weighted by molar-refractivity contribution is 7.09. The average Bonchev–Trinajstić information content (AvgIpc) is 2.71. The molecule has 1 saturated heterocycles. The largest absolute Gasteiger partial charge is 0.380 e. The molecule has 15 heavy (non-hydrogen) atoms. The smallest absolute Gasteiger partial charge is 0.0619 e. The molecule has 0 bridgehead atoms. The summed E-state index contributed by atoms with van der Waals surface area (Å²) in [4.78, 5) is 1.46. The third-order valence-corrected chi connectivity index (χ3v) is 3.67. The van der Waals surface area contributed by atoms with Crippen molar-refractivity contribution in [2.75, 3.05) is 13.2 Å². The van der Waals surface area contributed by atoms with E-state index < -0.39 is 0 Å². The lowest BCUT2D eigenvalue weighted by molar-refractivity contribution is 0.0671. The fraction of sp³-hybridized carbons (Fsp3) is 0.667. The first kappa shape index (κ1) is 11.1. The second-order valence-electron chi connectivity index (χ2n) is 4.27. The van der Waals surface area contributed by atoms with Gasteiger partial charge in [-0.25, -0.2) is 0 Å². The van der Waals surface area contributed by atoms with Crippen LogP contribution in [0.5, 0.6) is 0 Å². The van der Waals surface area contributed by atoms with Crippen LogP contribution in [0.15, 0.2) is 17.5 Å². The average molecular weight is 225 g/mol. The maximum atomic E-state index is 5.46. The number of thiophene rings is 1. The van der Waals surface area contributed by atoms with Crippen LogP contribution < -0.4 is 5.32 Å². The first-order chi connectivity index (χ1) is 7.34. The standard InChI is InChI=1S/C12H19NOS/c1-10(8-12-5-3-7-15-12)13-11-4-2-6-14-9-11/h3,5,7,10-11,13H,2,4,6,8-9H2,1H3. The van der Waals surface area contributed by atoms with Crippen molar-refractivity contribution in [2.45, 2.75) is 38.3 Å². The zero-order chi connectivity index (χ0) is 10.5. The molecule has 1 aliphatic heterocycles. The van der Waals surface area contributed by atoms with Gasteiger partial charge in [-0.1, -0.05) is 6.07 Å². The van der Waals surface area contributed by atoms with Crippen LogP contribution in [-0.2, 0) is 11.2 Å². The highest BCUT2D eigenvalue weighted by atomic mass is 32.1. The van der Waals surface area contributed by atoms with E-state index in [-0.39, 0.29) is 0 Å². The van der Waals surface area contributed by atoms with Gasteiger partial charge in [0, 0.05) is 23.6 Å². The van der Waals surface area contributed by atoms with E-state index >= 15 is 0 Å². The van der Waals surface area contributed by atoms with Crippen molar-refractivity contribution in [2.24, 2.45) is 0 Å². The number of nitrogens with one attached hydrogen (secondary N) is 1. The van der Waals surface area contributed by atoms with E-state index in [2.05, 4.69) is 29.8 Å². The molecule has 1 fully saturated rings. The molecule has 2 rings (SSSR count). The van der Waals surface area contributed by atoms with Gasteiger partial charge >= 0.3 is 0 Å². The summed E-state index contributed by atoms with van der Waals surface area (Å²) in [7, 11) is 0. The summed E-state index contributed by atoms with van der Waals surface area (Å²) in [5.74, 6) is 0. The number of ether oxygens (including phenoxy) is 1. The van der Waals surface area contributed by atoms with Crippen LogP contribution in [0.25, 0.3) is 0 Å². The molecule has 1 aromatic rings. The molecule has 1 aromatic heterocycles. The molecular weight excluding hydrogens is 206 g/mol. The molecule has 0 spiro atoms. The first-order valence-electron chi connectivity index (χ1n) is 5.71.